The van der Waals surface area contributed by atoms with E-state index < -0.39 is 5.54 Å². The first kappa shape index (κ1) is 15.4. The van der Waals surface area contributed by atoms with Crippen molar-refractivity contribution in [2.75, 3.05) is 13.7 Å². The largest absolute Gasteiger partial charge is 0.494 e. The number of unbranched alkanes of at least 4 members (excludes halogenated alkanes) is 2. The van der Waals surface area contributed by atoms with Gasteiger partial charge in [-0.1, -0.05) is 31.9 Å². The molecule has 5 nitrogen and oxygen atoms in total. The van der Waals surface area contributed by atoms with Crippen LogP contribution >= 0.6 is 0 Å². The van der Waals surface area contributed by atoms with Crippen molar-refractivity contribution >= 4 is 11.9 Å². The van der Waals surface area contributed by atoms with Crippen LogP contribution in [-0.4, -0.2) is 30.5 Å². The fourth-order valence-electron chi connectivity index (χ4n) is 2.40. The monoisotopic (exact) mass is 290 g/mol. The number of urea groups is 1. The summed E-state index contributed by atoms with van der Waals surface area (Å²) in [6, 6.07) is 6.95. The first-order chi connectivity index (χ1) is 9.99. The topological polar surface area (TPSA) is 58.6 Å². The summed E-state index contributed by atoms with van der Waals surface area (Å²) in [4.78, 5) is 24.9. The van der Waals surface area contributed by atoms with Crippen molar-refractivity contribution in [3.8, 4) is 5.75 Å². The molecule has 0 saturated carbocycles. The molecule has 21 heavy (non-hydrogen) atoms. The summed E-state index contributed by atoms with van der Waals surface area (Å²) in [5, 5.41) is 2.72. The zero-order valence-corrected chi connectivity index (χ0v) is 12.8. The summed E-state index contributed by atoms with van der Waals surface area (Å²) in [5.74, 6) is 0.535. The highest BCUT2D eigenvalue weighted by Gasteiger charge is 2.47. The number of rotatable bonds is 6. The number of carbonyl (C=O) groups excluding carboxylic acids is 2. The second-order valence-electron chi connectivity index (χ2n) is 5.50. The Morgan fingerprint density at radius 3 is 2.38 bits per heavy atom. The number of ether oxygens (including phenoxy) is 1. The number of nitrogens with zero attached hydrogens (tertiary/aromatic N) is 1. The Bertz CT molecular complexity index is 527. The van der Waals surface area contributed by atoms with Crippen LogP contribution in [0.15, 0.2) is 24.3 Å². The van der Waals surface area contributed by atoms with E-state index in [4.69, 9.17) is 4.74 Å². The van der Waals surface area contributed by atoms with Crippen molar-refractivity contribution in [2.24, 2.45) is 0 Å². The predicted octanol–water partition coefficient (Wildman–Crippen LogP) is 2.65. The zero-order chi connectivity index (χ0) is 15.5. The summed E-state index contributed by atoms with van der Waals surface area (Å²) >= 11 is 0. The molecule has 114 valence electrons. The molecule has 0 unspecified atom stereocenters. The van der Waals surface area contributed by atoms with Gasteiger partial charge in [0.25, 0.3) is 5.91 Å². The molecular weight excluding hydrogens is 268 g/mol. The van der Waals surface area contributed by atoms with Crippen LogP contribution in [-0.2, 0) is 10.3 Å². The van der Waals surface area contributed by atoms with Gasteiger partial charge in [0.2, 0.25) is 0 Å². The average Bonchev–Trinajstić information content (AvgIpc) is 2.69. The second kappa shape index (κ2) is 6.16. The summed E-state index contributed by atoms with van der Waals surface area (Å²) in [5.41, 5.74) is -0.238. The van der Waals surface area contributed by atoms with Gasteiger partial charge < -0.3 is 10.1 Å². The Balaban J connectivity index is 2.05. The van der Waals surface area contributed by atoms with Crippen LogP contribution in [0, 0.1) is 0 Å². The molecule has 1 fully saturated rings. The Morgan fingerprint density at radius 1 is 1.19 bits per heavy atom. The van der Waals surface area contributed by atoms with Gasteiger partial charge in [-0.3, -0.25) is 9.69 Å². The molecule has 1 saturated heterocycles. The third-order valence-electron chi connectivity index (χ3n) is 3.84. The molecule has 1 N–H and O–H groups in total. The SMILES string of the molecule is CCCCCOc1ccc([C@@]2(C)NC(=O)N(C)C2=O)cc1. The molecule has 0 radical (unpaired) electrons. The predicted molar refractivity (Wildman–Crippen MR) is 80.1 cm³/mol. The molecule has 3 amide bonds. The van der Waals surface area contributed by atoms with Gasteiger partial charge in [0.05, 0.1) is 6.61 Å². The van der Waals surface area contributed by atoms with Crippen molar-refractivity contribution in [2.45, 2.75) is 38.6 Å². The van der Waals surface area contributed by atoms with E-state index in [1.54, 1.807) is 6.92 Å². The normalized spacial score (nSPS) is 21.6. The van der Waals surface area contributed by atoms with Gasteiger partial charge in [0, 0.05) is 7.05 Å². The first-order valence-electron chi connectivity index (χ1n) is 7.32. The third-order valence-corrected chi connectivity index (χ3v) is 3.84. The van der Waals surface area contributed by atoms with Crippen LogP contribution in [0.2, 0.25) is 0 Å². The maximum absolute atomic E-state index is 12.2. The highest BCUT2D eigenvalue weighted by molar-refractivity contribution is 6.06. The first-order valence-corrected chi connectivity index (χ1v) is 7.32. The van der Waals surface area contributed by atoms with Gasteiger partial charge >= 0.3 is 6.03 Å². The van der Waals surface area contributed by atoms with Crippen molar-refractivity contribution < 1.29 is 14.3 Å². The summed E-state index contributed by atoms with van der Waals surface area (Å²) in [7, 11) is 1.48. The molecule has 1 aromatic carbocycles. The van der Waals surface area contributed by atoms with Crippen LogP contribution in [0.3, 0.4) is 0 Å². The highest BCUT2D eigenvalue weighted by atomic mass is 16.5. The molecule has 5 heteroatoms. The van der Waals surface area contributed by atoms with Gasteiger partial charge in [-0.2, -0.15) is 0 Å². The van der Waals surface area contributed by atoms with Gasteiger partial charge in [-0.15, -0.1) is 0 Å². The van der Waals surface area contributed by atoms with Crippen LogP contribution in [0.5, 0.6) is 5.75 Å². The third kappa shape index (κ3) is 3.01. The Labute approximate surface area is 125 Å². The van der Waals surface area contributed by atoms with Crippen LogP contribution in [0.4, 0.5) is 4.79 Å². The van der Waals surface area contributed by atoms with Crippen molar-refractivity contribution in [3.63, 3.8) is 0 Å². The number of hydrogen-bond acceptors (Lipinski definition) is 3. The number of hydrogen-bond donors (Lipinski definition) is 1. The molecule has 0 aromatic heterocycles. The standard InChI is InChI=1S/C16H22N2O3/c1-4-5-6-11-21-13-9-7-12(8-10-13)16(2)14(19)18(3)15(20)17-16/h7-10H,4-6,11H2,1-3H3,(H,17,20)/t16-/m1/s1. The van der Waals surface area contributed by atoms with E-state index >= 15 is 0 Å². The van der Waals surface area contributed by atoms with E-state index in [2.05, 4.69) is 12.2 Å². The maximum Gasteiger partial charge on any atom is 0.325 e. The smallest absolute Gasteiger partial charge is 0.325 e. The molecular formula is C16H22N2O3. The lowest BCUT2D eigenvalue weighted by atomic mass is 9.92. The van der Waals surface area contributed by atoms with E-state index in [0.29, 0.717) is 6.61 Å². The van der Waals surface area contributed by atoms with E-state index in [1.807, 2.05) is 24.3 Å². The Morgan fingerprint density at radius 2 is 1.86 bits per heavy atom. The molecule has 0 bridgehead atoms. The van der Waals surface area contributed by atoms with Crippen LogP contribution in [0.25, 0.3) is 0 Å². The number of nitrogens with one attached hydrogen (secondary N) is 1. The summed E-state index contributed by atoms with van der Waals surface area (Å²) in [6.45, 7) is 4.57. The lowest BCUT2D eigenvalue weighted by Crippen LogP contribution is -2.40. The molecule has 1 aliphatic heterocycles. The van der Waals surface area contributed by atoms with Gasteiger partial charge in [-0.05, 0) is 31.0 Å². The van der Waals surface area contributed by atoms with Gasteiger partial charge in [-0.25, -0.2) is 4.79 Å². The zero-order valence-electron chi connectivity index (χ0n) is 12.8. The Kier molecular flexibility index (Phi) is 4.50. The average molecular weight is 290 g/mol. The number of imide groups is 1. The quantitative estimate of drug-likeness (QED) is 0.647. The van der Waals surface area contributed by atoms with Crippen molar-refractivity contribution in [1.29, 1.82) is 0 Å². The second-order valence-corrected chi connectivity index (χ2v) is 5.50. The molecule has 1 heterocycles. The van der Waals surface area contributed by atoms with E-state index in [1.165, 1.54) is 7.05 Å². The molecule has 2 rings (SSSR count). The fourth-order valence-corrected chi connectivity index (χ4v) is 2.40. The number of likely N-dealkylation sites (N-methyl/N-ethyl adjacent to an activating group) is 1. The van der Waals surface area contributed by atoms with Crippen LogP contribution in [0.1, 0.15) is 38.7 Å². The summed E-state index contributed by atoms with van der Waals surface area (Å²) in [6.07, 6.45) is 3.36. The maximum atomic E-state index is 12.2. The summed E-state index contributed by atoms with van der Waals surface area (Å²) < 4.78 is 5.65. The minimum atomic E-state index is -0.993. The van der Waals surface area contributed by atoms with E-state index in [-0.39, 0.29) is 11.9 Å². The molecule has 0 spiro atoms. The van der Waals surface area contributed by atoms with Gasteiger partial charge in [0.15, 0.2) is 0 Å². The number of benzene rings is 1. The molecule has 1 aliphatic rings. The molecule has 0 aliphatic carbocycles. The lowest BCUT2D eigenvalue weighted by molar-refractivity contribution is -0.130. The van der Waals surface area contributed by atoms with Crippen molar-refractivity contribution in [3.05, 3.63) is 29.8 Å². The highest BCUT2D eigenvalue weighted by Crippen LogP contribution is 2.29. The Hall–Kier alpha value is -2.04. The van der Waals surface area contributed by atoms with E-state index in [0.717, 1.165) is 35.5 Å². The molecule has 1 aromatic rings. The number of carbonyl (C=O) groups is 2. The number of amides is 3. The fraction of sp³-hybridized carbons (Fsp3) is 0.500. The minimum absolute atomic E-state index is 0.246. The molecule has 1 atom stereocenters. The van der Waals surface area contributed by atoms with E-state index in [9.17, 15) is 9.59 Å². The van der Waals surface area contributed by atoms with Gasteiger partial charge in [0.1, 0.15) is 11.3 Å². The lowest BCUT2D eigenvalue weighted by Gasteiger charge is -2.21. The van der Waals surface area contributed by atoms with Crippen molar-refractivity contribution in [1.82, 2.24) is 10.2 Å². The minimum Gasteiger partial charge on any atom is -0.494 e. The van der Waals surface area contributed by atoms with Crippen LogP contribution < -0.4 is 10.1 Å².